The lowest BCUT2D eigenvalue weighted by Gasteiger charge is -2.21. The molecule has 1 aliphatic rings. The monoisotopic (exact) mass is 222 g/mol. The lowest BCUT2D eigenvalue weighted by molar-refractivity contribution is 0.508. The van der Waals surface area contributed by atoms with E-state index in [1.165, 1.54) is 12.1 Å². The molecule has 0 bridgehead atoms. The number of hydrogen-bond donors (Lipinski definition) is 1. The highest BCUT2D eigenvalue weighted by atomic mass is 19.2. The van der Waals surface area contributed by atoms with Gasteiger partial charge in [-0.3, -0.25) is 5.43 Å². The molecule has 1 heterocycles. The van der Waals surface area contributed by atoms with Crippen molar-refractivity contribution in [1.29, 1.82) is 0 Å². The Morgan fingerprint density at radius 3 is 2.75 bits per heavy atom. The number of nitrogens with zero attached hydrogens (tertiary/aromatic N) is 1. The van der Waals surface area contributed by atoms with Gasteiger partial charge in [-0.25, -0.2) is 8.78 Å². The van der Waals surface area contributed by atoms with Crippen molar-refractivity contribution in [2.24, 2.45) is 11.0 Å². The maximum atomic E-state index is 13.1. The number of hydrogen-bond acceptors (Lipinski definition) is 2. The summed E-state index contributed by atoms with van der Waals surface area (Å²) < 4.78 is 25.9. The molecule has 0 saturated heterocycles. The maximum absolute atomic E-state index is 13.1. The van der Waals surface area contributed by atoms with Gasteiger partial charge in [-0.15, -0.1) is 0 Å². The molecule has 0 saturated carbocycles. The topological polar surface area (TPSA) is 24.4 Å². The van der Waals surface area contributed by atoms with Crippen molar-refractivity contribution in [3.8, 4) is 0 Å². The number of rotatable bonds is 1. The molecule has 1 aromatic carbocycles. The van der Waals surface area contributed by atoms with E-state index in [-0.39, 0.29) is 5.92 Å². The first-order chi connectivity index (χ1) is 7.58. The maximum Gasteiger partial charge on any atom is 0.159 e. The fraction of sp³-hybridized carbons (Fsp3) is 0.250. The van der Waals surface area contributed by atoms with Crippen LogP contribution in [0.1, 0.15) is 18.9 Å². The molecule has 84 valence electrons. The fourth-order valence-corrected chi connectivity index (χ4v) is 1.77. The van der Waals surface area contributed by atoms with Gasteiger partial charge < -0.3 is 0 Å². The largest absolute Gasteiger partial charge is 0.283 e. The third-order valence-corrected chi connectivity index (χ3v) is 2.57. The highest BCUT2D eigenvalue weighted by Crippen LogP contribution is 2.21. The molecule has 1 N–H and O–H groups in total. The third-order valence-electron chi connectivity index (χ3n) is 2.57. The van der Waals surface area contributed by atoms with Gasteiger partial charge in [-0.05, 0) is 24.6 Å². The molecule has 1 atom stereocenters. The molecule has 16 heavy (non-hydrogen) atoms. The zero-order chi connectivity index (χ0) is 11.7. The van der Waals surface area contributed by atoms with E-state index in [0.29, 0.717) is 5.56 Å². The predicted octanol–water partition coefficient (Wildman–Crippen LogP) is 2.81. The highest BCUT2D eigenvalue weighted by molar-refractivity contribution is 6.02. The summed E-state index contributed by atoms with van der Waals surface area (Å²) in [4.78, 5) is 0. The Kier molecular flexibility index (Phi) is 2.73. The molecule has 0 amide bonds. The summed E-state index contributed by atoms with van der Waals surface area (Å²) in [6.45, 7) is 5.75. The van der Waals surface area contributed by atoms with Crippen molar-refractivity contribution in [2.45, 2.75) is 13.3 Å². The van der Waals surface area contributed by atoms with Crippen LogP contribution in [0.3, 0.4) is 0 Å². The molecule has 0 aliphatic carbocycles. The SMILES string of the molecule is C=C1C[C@@H](C)C(c2ccc(F)c(F)c2)=NN1. The summed E-state index contributed by atoms with van der Waals surface area (Å²) in [5.74, 6) is -1.54. The Balaban J connectivity index is 2.37. The summed E-state index contributed by atoms with van der Waals surface area (Å²) in [5, 5.41) is 4.11. The van der Waals surface area contributed by atoms with E-state index in [0.717, 1.165) is 23.9 Å². The van der Waals surface area contributed by atoms with Crippen LogP contribution in [-0.4, -0.2) is 5.71 Å². The van der Waals surface area contributed by atoms with E-state index in [1.54, 1.807) is 0 Å². The number of nitrogens with one attached hydrogen (secondary N) is 1. The first kappa shape index (κ1) is 10.8. The van der Waals surface area contributed by atoms with Crippen molar-refractivity contribution in [3.05, 3.63) is 47.7 Å². The van der Waals surface area contributed by atoms with Crippen LogP contribution in [0, 0.1) is 17.6 Å². The van der Waals surface area contributed by atoms with Crippen molar-refractivity contribution >= 4 is 5.71 Å². The number of benzene rings is 1. The first-order valence-corrected chi connectivity index (χ1v) is 5.04. The van der Waals surface area contributed by atoms with Crippen molar-refractivity contribution in [3.63, 3.8) is 0 Å². The van der Waals surface area contributed by atoms with E-state index in [4.69, 9.17) is 0 Å². The van der Waals surface area contributed by atoms with Crippen molar-refractivity contribution in [2.75, 3.05) is 0 Å². The summed E-state index contributed by atoms with van der Waals surface area (Å²) in [6.07, 6.45) is 0.748. The lowest BCUT2D eigenvalue weighted by Crippen LogP contribution is -2.25. The fourth-order valence-electron chi connectivity index (χ4n) is 1.77. The number of halogens is 2. The van der Waals surface area contributed by atoms with E-state index in [2.05, 4.69) is 17.1 Å². The highest BCUT2D eigenvalue weighted by Gasteiger charge is 2.19. The van der Waals surface area contributed by atoms with Crippen molar-refractivity contribution in [1.82, 2.24) is 5.43 Å². The second kappa shape index (κ2) is 4.04. The van der Waals surface area contributed by atoms with E-state index < -0.39 is 11.6 Å². The van der Waals surface area contributed by atoms with Crippen LogP contribution in [0.2, 0.25) is 0 Å². The average Bonchev–Trinajstić information content (AvgIpc) is 2.22. The standard InChI is InChI=1S/C12H12F2N2/c1-7-5-8(2)15-16-12(7)9-3-4-10(13)11(14)6-9/h3-4,6-7,15H,2,5H2,1H3/t7-/m1/s1. The quantitative estimate of drug-likeness (QED) is 0.776. The van der Waals surface area contributed by atoms with Crippen LogP contribution in [0.5, 0.6) is 0 Å². The van der Waals surface area contributed by atoms with Gasteiger partial charge >= 0.3 is 0 Å². The van der Waals surface area contributed by atoms with Gasteiger partial charge in [0.05, 0.1) is 5.71 Å². The molecular formula is C12H12F2N2. The normalized spacial score (nSPS) is 20.3. The van der Waals surface area contributed by atoms with Crippen LogP contribution in [0.25, 0.3) is 0 Å². The van der Waals surface area contributed by atoms with Gasteiger partial charge in [0.1, 0.15) is 0 Å². The lowest BCUT2D eigenvalue weighted by atomic mass is 9.93. The van der Waals surface area contributed by atoms with Gasteiger partial charge in [0.25, 0.3) is 0 Å². The van der Waals surface area contributed by atoms with Gasteiger partial charge in [-0.1, -0.05) is 13.5 Å². The van der Waals surface area contributed by atoms with Crippen LogP contribution in [0.15, 0.2) is 35.6 Å². The Labute approximate surface area is 92.7 Å². The molecule has 0 unspecified atom stereocenters. The number of hydrazone groups is 1. The smallest absolute Gasteiger partial charge is 0.159 e. The Hall–Kier alpha value is -1.71. The minimum Gasteiger partial charge on any atom is -0.283 e. The Morgan fingerprint density at radius 1 is 1.38 bits per heavy atom. The molecule has 2 nitrogen and oxygen atoms in total. The molecule has 0 radical (unpaired) electrons. The van der Waals surface area contributed by atoms with E-state index in [1.807, 2.05) is 6.92 Å². The van der Waals surface area contributed by atoms with Crippen LogP contribution < -0.4 is 5.43 Å². The molecule has 2 rings (SSSR count). The van der Waals surface area contributed by atoms with Crippen LogP contribution in [0.4, 0.5) is 8.78 Å². The Morgan fingerprint density at radius 2 is 2.12 bits per heavy atom. The van der Waals surface area contributed by atoms with Gasteiger partial charge in [0.2, 0.25) is 0 Å². The summed E-state index contributed by atoms with van der Waals surface area (Å²) in [7, 11) is 0. The summed E-state index contributed by atoms with van der Waals surface area (Å²) in [5.41, 5.74) is 4.94. The van der Waals surface area contributed by atoms with Crippen LogP contribution >= 0.6 is 0 Å². The molecular weight excluding hydrogens is 210 g/mol. The minimum atomic E-state index is -0.850. The van der Waals surface area contributed by atoms with Gasteiger partial charge in [-0.2, -0.15) is 5.10 Å². The van der Waals surface area contributed by atoms with Gasteiger partial charge in [0, 0.05) is 17.2 Å². The van der Waals surface area contributed by atoms with E-state index in [9.17, 15) is 8.78 Å². The van der Waals surface area contributed by atoms with Gasteiger partial charge in [0.15, 0.2) is 11.6 Å². The second-order valence-corrected chi connectivity index (χ2v) is 3.95. The summed E-state index contributed by atoms with van der Waals surface area (Å²) >= 11 is 0. The summed E-state index contributed by atoms with van der Waals surface area (Å²) in [6, 6.07) is 3.81. The van der Waals surface area contributed by atoms with E-state index >= 15 is 0 Å². The number of allylic oxidation sites excluding steroid dienone is 1. The first-order valence-electron chi connectivity index (χ1n) is 5.04. The molecule has 1 aliphatic heterocycles. The average molecular weight is 222 g/mol. The molecule has 0 aromatic heterocycles. The second-order valence-electron chi connectivity index (χ2n) is 3.95. The third kappa shape index (κ3) is 1.96. The molecule has 4 heteroatoms. The zero-order valence-corrected chi connectivity index (χ0v) is 8.93. The minimum absolute atomic E-state index is 0.151. The molecule has 0 fully saturated rings. The molecule has 0 spiro atoms. The Bertz CT molecular complexity index is 466. The van der Waals surface area contributed by atoms with Crippen molar-refractivity contribution < 1.29 is 8.78 Å². The predicted molar refractivity (Wildman–Crippen MR) is 59.0 cm³/mol. The molecule has 1 aromatic rings. The zero-order valence-electron chi connectivity index (χ0n) is 8.93. The van der Waals surface area contributed by atoms with Crippen LogP contribution in [-0.2, 0) is 0 Å².